The topological polar surface area (TPSA) is 79.5 Å². The number of hydroxylamine groups is 1. The van der Waals surface area contributed by atoms with Crippen molar-refractivity contribution in [2.24, 2.45) is 0 Å². The van der Waals surface area contributed by atoms with Gasteiger partial charge in [-0.25, -0.2) is 5.48 Å². The van der Waals surface area contributed by atoms with E-state index in [-0.39, 0.29) is 5.91 Å². The summed E-state index contributed by atoms with van der Waals surface area (Å²) in [7, 11) is 0. The molecule has 0 saturated carbocycles. The number of aryl methyl sites for hydroxylation is 1. The van der Waals surface area contributed by atoms with Gasteiger partial charge in [0.2, 0.25) is 0 Å². The number of thiophene rings is 1. The molecule has 3 aromatic rings. The van der Waals surface area contributed by atoms with Crippen molar-refractivity contribution in [2.75, 3.05) is 6.54 Å². The summed E-state index contributed by atoms with van der Waals surface area (Å²) >= 11 is 1.71. The van der Waals surface area contributed by atoms with Crippen LogP contribution in [0.1, 0.15) is 42.7 Å². The van der Waals surface area contributed by atoms with Crippen molar-refractivity contribution in [3.05, 3.63) is 68.9 Å². The zero-order valence-electron chi connectivity index (χ0n) is 15.8. The van der Waals surface area contributed by atoms with Crippen molar-refractivity contribution in [1.29, 1.82) is 0 Å². The molecule has 0 unspecified atom stereocenters. The quantitative estimate of drug-likeness (QED) is 0.524. The highest BCUT2D eigenvalue weighted by Gasteiger charge is 2.26. The smallest absolute Gasteiger partial charge is 0.276 e. The molecule has 1 aliphatic rings. The minimum absolute atomic E-state index is 0.00568. The largest absolute Gasteiger partial charge is 0.347 e. The number of hydrogen-bond donors (Lipinski definition) is 2. The second kappa shape index (κ2) is 7.29. The van der Waals surface area contributed by atoms with Crippen LogP contribution in [0, 0.1) is 13.8 Å². The van der Waals surface area contributed by atoms with E-state index >= 15 is 0 Å². The minimum atomic E-state index is -0.545. The van der Waals surface area contributed by atoms with Gasteiger partial charge in [0.25, 0.3) is 11.8 Å². The molecule has 3 aromatic heterocycles. The van der Waals surface area contributed by atoms with Gasteiger partial charge in [0, 0.05) is 41.2 Å². The summed E-state index contributed by atoms with van der Waals surface area (Å²) in [6.07, 6.45) is 1.70. The van der Waals surface area contributed by atoms with Crippen LogP contribution in [0.15, 0.2) is 35.8 Å². The van der Waals surface area contributed by atoms with Crippen molar-refractivity contribution < 1.29 is 14.8 Å². The highest BCUT2D eigenvalue weighted by Crippen LogP contribution is 2.23. The Bertz CT molecular complexity index is 1030. The lowest BCUT2D eigenvalue weighted by Crippen LogP contribution is -2.38. The molecule has 0 aromatic carbocycles. The third-order valence-corrected chi connectivity index (χ3v) is 6.16. The fourth-order valence-corrected chi connectivity index (χ4v) is 4.44. The third kappa shape index (κ3) is 3.25. The number of amides is 2. The van der Waals surface area contributed by atoms with Crippen LogP contribution >= 0.6 is 11.3 Å². The lowest BCUT2D eigenvalue weighted by Gasteiger charge is -2.28. The van der Waals surface area contributed by atoms with E-state index < -0.39 is 5.91 Å². The van der Waals surface area contributed by atoms with Gasteiger partial charge < -0.3 is 14.0 Å². The SMILES string of the molecule is Cc1cc(C(=O)N2CCn3cc(C(=O)NO)cc3C2)c(C)n1Cc1cccs1. The number of nitrogens with one attached hydrogen (secondary N) is 1. The summed E-state index contributed by atoms with van der Waals surface area (Å²) in [5.41, 5.74) is 5.68. The molecule has 1 aliphatic heterocycles. The fraction of sp³-hybridized carbons (Fsp3) is 0.300. The van der Waals surface area contributed by atoms with Crippen molar-refractivity contribution >= 4 is 23.2 Å². The van der Waals surface area contributed by atoms with E-state index in [1.807, 2.05) is 35.4 Å². The number of carbonyl (C=O) groups excluding carboxylic acids is 2. The van der Waals surface area contributed by atoms with E-state index in [1.165, 1.54) is 4.88 Å². The molecule has 0 saturated heterocycles. The number of aromatic nitrogens is 2. The number of nitrogens with zero attached hydrogens (tertiary/aromatic N) is 3. The van der Waals surface area contributed by atoms with Gasteiger partial charge in [-0.3, -0.25) is 14.8 Å². The Morgan fingerprint density at radius 1 is 1.25 bits per heavy atom. The third-order valence-electron chi connectivity index (χ3n) is 5.30. The second-order valence-electron chi connectivity index (χ2n) is 7.03. The molecule has 4 heterocycles. The number of carbonyl (C=O) groups is 2. The van der Waals surface area contributed by atoms with Crippen LogP contribution in [-0.4, -0.2) is 37.6 Å². The van der Waals surface area contributed by atoms with Gasteiger partial charge >= 0.3 is 0 Å². The highest BCUT2D eigenvalue weighted by atomic mass is 32.1. The highest BCUT2D eigenvalue weighted by molar-refractivity contribution is 7.09. The molecule has 0 bridgehead atoms. The first kappa shape index (κ1) is 18.5. The zero-order chi connectivity index (χ0) is 19.8. The molecule has 0 atom stereocenters. The summed E-state index contributed by atoms with van der Waals surface area (Å²) in [6, 6.07) is 7.81. The van der Waals surface area contributed by atoms with Gasteiger partial charge in [-0.2, -0.15) is 0 Å². The van der Waals surface area contributed by atoms with Crippen LogP contribution in [-0.2, 0) is 19.6 Å². The first-order valence-corrected chi connectivity index (χ1v) is 9.97. The van der Waals surface area contributed by atoms with Crippen molar-refractivity contribution in [2.45, 2.75) is 33.5 Å². The standard InChI is InChI=1S/C20H22N4O3S/c1-13-8-18(14(2)24(13)12-17-4-3-7-28-17)20(26)23-6-5-22-10-15(19(25)21-27)9-16(22)11-23/h3-4,7-10,27H,5-6,11-12H2,1-2H3,(H,21,25). The van der Waals surface area contributed by atoms with Crippen LogP contribution in [0.2, 0.25) is 0 Å². The molecule has 2 amide bonds. The number of hydrogen-bond acceptors (Lipinski definition) is 4. The van der Waals surface area contributed by atoms with Gasteiger partial charge in [-0.1, -0.05) is 6.07 Å². The molecular weight excluding hydrogens is 376 g/mol. The van der Waals surface area contributed by atoms with Gasteiger partial charge in [0.1, 0.15) is 0 Å². The Labute approximate surface area is 166 Å². The minimum Gasteiger partial charge on any atom is -0.347 e. The lowest BCUT2D eigenvalue weighted by molar-refractivity contribution is 0.0701. The van der Waals surface area contributed by atoms with Crippen LogP contribution in [0.3, 0.4) is 0 Å². The number of rotatable bonds is 4. The van der Waals surface area contributed by atoms with E-state index in [1.54, 1.807) is 29.1 Å². The average molecular weight is 398 g/mol. The fourth-order valence-electron chi connectivity index (χ4n) is 3.75. The average Bonchev–Trinajstić information content (AvgIpc) is 3.42. The summed E-state index contributed by atoms with van der Waals surface area (Å²) in [5.74, 6) is -0.539. The summed E-state index contributed by atoms with van der Waals surface area (Å²) in [5, 5.41) is 10.9. The van der Waals surface area contributed by atoms with Gasteiger partial charge in [-0.05, 0) is 37.4 Å². The predicted molar refractivity (Wildman–Crippen MR) is 106 cm³/mol. The summed E-state index contributed by atoms with van der Waals surface area (Å²) in [4.78, 5) is 27.9. The summed E-state index contributed by atoms with van der Waals surface area (Å²) < 4.78 is 4.13. The first-order valence-electron chi connectivity index (χ1n) is 9.10. The molecule has 0 spiro atoms. The van der Waals surface area contributed by atoms with Crippen molar-refractivity contribution in [1.82, 2.24) is 19.5 Å². The van der Waals surface area contributed by atoms with Gasteiger partial charge in [-0.15, -0.1) is 11.3 Å². The van der Waals surface area contributed by atoms with Crippen LogP contribution in [0.5, 0.6) is 0 Å². The zero-order valence-corrected chi connectivity index (χ0v) is 16.6. The van der Waals surface area contributed by atoms with Crippen molar-refractivity contribution in [3.63, 3.8) is 0 Å². The molecule has 2 N–H and O–H groups in total. The van der Waals surface area contributed by atoms with E-state index in [9.17, 15) is 9.59 Å². The second-order valence-corrected chi connectivity index (χ2v) is 8.06. The molecule has 8 heteroatoms. The van der Waals surface area contributed by atoms with Crippen LogP contribution in [0.4, 0.5) is 0 Å². The van der Waals surface area contributed by atoms with Crippen LogP contribution < -0.4 is 5.48 Å². The van der Waals surface area contributed by atoms with E-state index in [0.29, 0.717) is 25.2 Å². The molecular formula is C20H22N4O3S. The molecule has 28 heavy (non-hydrogen) atoms. The monoisotopic (exact) mass is 398 g/mol. The maximum atomic E-state index is 13.2. The Hall–Kier alpha value is -2.84. The van der Waals surface area contributed by atoms with E-state index in [0.717, 1.165) is 29.2 Å². The maximum Gasteiger partial charge on any atom is 0.276 e. The molecule has 146 valence electrons. The molecule has 4 rings (SSSR count). The van der Waals surface area contributed by atoms with Gasteiger partial charge in [0.05, 0.1) is 24.2 Å². The molecule has 0 aliphatic carbocycles. The molecule has 0 fully saturated rings. The van der Waals surface area contributed by atoms with Crippen molar-refractivity contribution in [3.8, 4) is 0 Å². The van der Waals surface area contributed by atoms with E-state index in [4.69, 9.17) is 5.21 Å². The van der Waals surface area contributed by atoms with Crippen LogP contribution in [0.25, 0.3) is 0 Å². The Balaban J connectivity index is 1.55. The predicted octanol–water partition coefficient (Wildman–Crippen LogP) is 2.79. The molecule has 7 nitrogen and oxygen atoms in total. The Morgan fingerprint density at radius 2 is 2.07 bits per heavy atom. The summed E-state index contributed by atoms with van der Waals surface area (Å²) in [6.45, 7) is 6.42. The Kier molecular flexibility index (Phi) is 4.82. The molecule has 0 radical (unpaired) electrons. The Morgan fingerprint density at radius 3 is 2.79 bits per heavy atom. The van der Waals surface area contributed by atoms with Gasteiger partial charge in [0.15, 0.2) is 0 Å². The first-order chi connectivity index (χ1) is 13.5. The number of fused-ring (bicyclic) bond motifs is 1. The maximum absolute atomic E-state index is 13.2. The normalized spacial score (nSPS) is 13.5. The van der Waals surface area contributed by atoms with E-state index in [2.05, 4.69) is 16.0 Å². The lowest BCUT2D eigenvalue weighted by atomic mass is 10.2.